The first-order valence-corrected chi connectivity index (χ1v) is 9.92. The van der Waals surface area contributed by atoms with Crippen LogP contribution >= 0.6 is 0 Å². The summed E-state index contributed by atoms with van der Waals surface area (Å²) in [6, 6.07) is 3.34. The Balaban J connectivity index is 1.39. The average molecular weight is 415 g/mol. The number of piperazine rings is 1. The molecule has 2 aliphatic rings. The zero-order valence-electron chi connectivity index (χ0n) is 16.9. The van der Waals surface area contributed by atoms with Gasteiger partial charge in [-0.2, -0.15) is 0 Å². The number of rotatable bonds is 3. The van der Waals surface area contributed by atoms with Gasteiger partial charge in [0.15, 0.2) is 11.6 Å². The van der Waals surface area contributed by atoms with Crippen molar-refractivity contribution in [2.24, 2.45) is 5.92 Å². The smallest absolute Gasteiger partial charge is 0.228 e. The lowest BCUT2D eigenvalue weighted by atomic mass is 10.1. The molecule has 1 aromatic carbocycles. The van der Waals surface area contributed by atoms with Crippen LogP contribution in [0.5, 0.6) is 0 Å². The molecule has 1 aromatic heterocycles. The van der Waals surface area contributed by atoms with Crippen LogP contribution in [0.1, 0.15) is 17.7 Å². The highest BCUT2D eigenvalue weighted by molar-refractivity contribution is 6.00. The molecule has 0 aliphatic carbocycles. The highest BCUT2D eigenvalue weighted by Gasteiger charge is 2.38. The van der Waals surface area contributed by atoms with Gasteiger partial charge in [-0.3, -0.25) is 9.59 Å². The molecule has 7 nitrogen and oxygen atoms in total. The lowest BCUT2D eigenvalue weighted by Gasteiger charge is -2.37. The van der Waals surface area contributed by atoms with Gasteiger partial charge in [0.25, 0.3) is 0 Å². The van der Waals surface area contributed by atoms with Gasteiger partial charge < -0.3 is 14.7 Å². The zero-order valence-corrected chi connectivity index (χ0v) is 16.9. The van der Waals surface area contributed by atoms with Crippen molar-refractivity contribution < 1.29 is 18.4 Å². The molecule has 2 fully saturated rings. The summed E-state index contributed by atoms with van der Waals surface area (Å²) in [5, 5.41) is 0. The van der Waals surface area contributed by atoms with Crippen molar-refractivity contribution in [3.8, 4) is 0 Å². The average Bonchev–Trinajstić information content (AvgIpc) is 3.13. The second-order valence-corrected chi connectivity index (χ2v) is 7.72. The number of benzene rings is 1. The summed E-state index contributed by atoms with van der Waals surface area (Å²) in [7, 11) is 0. The van der Waals surface area contributed by atoms with Crippen LogP contribution in [-0.2, 0) is 9.59 Å². The molecule has 30 heavy (non-hydrogen) atoms. The fourth-order valence-corrected chi connectivity index (χ4v) is 4.02. The fraction of sp³-hybridized carbons (Fsp3) is 0.429. The number of anilines is 2. The molecule has 0 bridgehead atoms. The Morgan fingerprint density at radius 2 is 1.80 bits per heavy atom. The van der Waals surface area contributed by atoms with Crippen molar-refractivity contribution in [1.82, 2.24) is 14.9 Å². The van der Waals surface area contributed by atoms with Crippen molar-refractivity contribution in [3.63, 3.8) is 0 Å². The van der Waals surface area contributed by atoms with Gasteiger partial charge in [-0.15, -0.1) is 0 Å². The lowest BCUT2D eigenvalue weighted by molar-refractivity contribution is -0.136. The van der Waals surface area contributed by atoms with Gasteiger partial charge in [0.05, 0.1) is 5.92 Å². The second kappa shape index (κ2) is 7.97. The number of aryl methyl sites for hydroxylation is 1. The summed E-state index contributed by atoms with van der Waals surface area (Å²) in [5.41, 5.74) is 2.23. The highest BCUT2D eigenvalue weighted by atomic mass is 19.2. The maximum atomic E-state index is 13.5. The Hall–Kier alpha value is -3.10. The van der Waals surface area contributed by atoms with Crippen molar-refractivity contribution in [3.05, 3.63) is 47.4 Å². The minimum atomic E-state index is -1.01. The van der Waals surface area contributed by atoms with Gasteiger partial charge in [0, 0.05) is 62.2 Å². The Morgan fingerprint density at radius 3 is 2.50 bits per heavy atom. The van der Waals surface area contributed by atoms with Crippen molar-refractivity contribution >= 4 is 23.3 Å². The van der Waals surface area contributed by atoms with Crippen LogP contribution in [0.2, 0.25) is 0 Å². The Labute approximate surface area is 173 Å². The van der Waals surface area contributed by atoms with Crippen LogP contribution in [0.15, 0.2) is 24.5 Å². The van der Waals surface area contributed by atoms with E-state index in [0.29, 0.717) is 26.2 Å². The van der Waals surface area contributed by atoms with Crippen LogP contribution in [0.25, 0.3) is 0 Å². The molecule has 4 rings (SSSR count). The maximum absolute atomic E-state index is 13.5. The molecule has 3 heterocycles. The third-order valence-electron chi connectivity index (χ3n) is 5.89. The summed E-state index contributed by atoms with van der Waals surface area (Å²) >= 11 is 0. The third kappa shape index (κ3) is 3.71. The molecule has 0 N–H and O–H groups in total. The van der Waals surface area contributed by atoms with Crippen molar-refractivity contribution in [2.75, 3.05) is 42.5 Å². The minimum absolute atomic E-state index is 0.0717. The molecule has 0 radical (unpaired) electrons. The van der Waals surface area contributed by atoms with E-state index in [0.717, 1.165) is 29.2 Å². The van der Waals surface area contributed by atoms with Crippen LogP contribution in [0, 0.1) is 31.4 Å². The molecule has 158 valence electrons. The highest BCUT2D eigenvalue weighted by Crippen LogP contribution is 2.28. The van der Waals surface area contributed by atoms with Gasteiger partial charge in [0.1, 0.15) is 12.1 Å². The Bertz CT molecular complexity index is 991. The van der Waals surface area contributed by atoms with Crippen LogP contribution < -0.4 is 9.80 Å². The maximum Gasteiger partial charge on any atom is 0.228 e. The normalized spacial score (nSPS) is 19.5. The van der Waals surface area contributed by atoms with Crippen LogP contribution in [-0.4, -0.2) is 59.4 Å². The molecule has 9 heteroatoms. The van der Waals surface area contributed by atoms with E-state index in [4.69, 9.17) is 0 Å². The van der Waals surface area contributed by atoms with E-state index in [1.54, 1.807) is 11.2 Å². The summed E-state index contributed by atoms with van der Waals surface area (Å²) in [6.07, 6.45) is 1.62. The first-order chi connectivity index (χ1) is 14.3. The molecular formula is C21H23F2N5O2. The van der Waals surface area contributed by atoms with Gasteiger partial charge in [-0.25, -0.2) is 18.7 Å². The largest absolute Gasteiger partial charge is 0.353 e. The number of amides is 2. The van der Waals surface area contributed by atoms with E-state index in [2.05, 4.69) is 14.9 Å². The molecule has 2 aliphatic heterocycles. The lowest BCUT2D eigenvalue weighted by Crippen LogP contribution is -2.51. The van der Waals surface area contributed by atoms with E-state index >= 15 is 0 Å². The van der Waals surface area contributed by atoms with E-state index in [-0.39, 0.29) is 30.5 Å². The van der Waals surface area contributed by atoms with Gasteiger partial charge in [0.2, 0.25) is 11.8 Å². The topological polar surface area (TPSA) is 69.6 Å². The molecule has 0 saturated carbocycles. The summed E-state index contributed by atoms with van der Waals surface area (Å²) < 4.78 is 26.7. The van der Waals surface area contributed by atoms with Crippen LogP contribution in [0.4, 0.5) is 20.3 Å². The molecule has 1 atom stereocenters. The number of nitrogens with zero attached hydrogens (tertiary/aromatic N) is 5. The van der Waals surface area contributed by atoms with Gasteiger partial charge in [-0.1, -0.05) is 0 Å². The van der Waals surface area contributed by atoms with Crippen molar-refractivity contribution in [1.29, 1.82) is 0 Å². The van der Waals surface area contributed by atoms with E-state index in [1.807, 2.05) is 13.8 Å². The van der Waals surface area contributed by atoms with Gasteiger partial charge >= 0.3 is 0 Å². The Morgan fingerprint density at radius 1 is 1.07 bits per heavy atom. The number of hydrogen-bond acceptors (Lipinski definition) is 5. The standard InChI is InChI=1S/C21H23F2N5O2/c1-13-14(2)24-12-25-20(13)26-5-7-27(8-6-26)21(30)15-9-19(29)28(11-15)16-3-4-17(22)18(23)10-16/h3-4,10,12,15H,5-9,11H2,1-2H3. The van der Waals surface area contributed by atoms with E-state index in [1.165, 1.54) is 11.0 Å². The fourth-order valence-electron chi connectivity index (χ4n) is 4.02. The number of hydrogen-bond donors (Lipinski definition) is 0. The second-order valence-electron chi connectivity index (χ2n) is 7.72. The molecule has 2 aromatic rings. The minimum Gasteiger partial charge on any atom is -0.353 e. The van der Waals surface area contributed by atoms with E-state index in [9.17, 15) is 18.4 Å². The Kier molecular flexibility index (Phi) is 5.36. The summed E-state index contributed by atoms with van der Waals surface area (Å²) in [5.74, 6) is -1.92. The summed E-state index contributed by atoms with van der Waals surface area (Å²) in [4.78, 5) is 39.2. The predicted molar refractivity (Wildman–Crippen MR) is 107 cm³/mol. The predicted octanol–water partition coefficient (Wildman–Crippen LogP) is 2.07. The van der Waals surface area contributed by atoms with Gasteiger partial charge in [-0.05, 0) is 26.0 Å². The first-order valence-electron chi connectivity index (χ1n) is 9.92. The molecular weight excluding hydrogens is 392 g/mol. The number of halogens is 2. The van der Waals surface area contributed by atoms with Crippen molar-refractivity contribution in [2.45, 2.75) is 20.3 Å². The van der Waals surface area contributed by atoms with E-state index < -0.39 is 17.6 Å². The number of carbonyl (C=O) groups excluding carboxylic acids is 2. The molecule has 0 spiro atoms. The first kappa shape index (κ1) is 20.2. The number of carbonyl (C=O) groups is 2. The molecule has 2 amide bonds. The molecule has 1 unspecified atom stereocenters. The van der Waals surface area contributed by atoms with Crippen LogP contribution in [0.3, 0.4) is 0 Å². The molecule has 2 saturated heterocycles. The third-order valence-corrected chi connectivity index (χ3v) is 5.89. The quantitative estimate of drug-likeness (QED) is 0.768. The summed E-state index contributed by atoms with van der Waals surface area (Å²) in [6.45, 7) is 6.48. The monoisotopic (exact) mass is 415 g/mol. The number of aromatic nitrogens is 2. The zero-order chi connectivity index (χ0) is 21.4. The SMILES string of the molecule is Cc1ncnc(N2CCN(C(=O)C3CC(=O)N(c4ccc(F)c(F)c4)C3)CC2)c1C.